The third-order valence-corrected chi connectivity index (χ3v) is 1.44. The molecule has 49 valence electrons. The van der Waals surface area contributed by atoms with Gasteiger partial charge in [0.15, 0.2) is 5.58 Å². The van der Waals surface area contributed by atoms with Gasteiger partial charge in [-0.3, -0.25) is 0 Å². The zero-order valence-corrected chi connectivity index (χ0v) is 5.59. The van der Waals surface area contributed by atoms with Gasteiger partial charge in [-0.2, -0.15) is 0 Å². The van der Waals surface area contributed by atoms with Gasteiger partial charge in [0.05, 0.1) is 0 Å². The number of oxazole rings is 1. The molecule has 2 nitrogen and oxygen atoms in total. The molecule has 2 aromatic rings. The Morgan fingerprint density at radius 1 is 1.50 bits per heavy atom. The number of nitrogens with zero attached hydrogens (tertiary/aromatic N) is 1. The second-order valence-corrected chi connectivity index (χ2v) is 2.28. The van der Waals surface area contributed by atoms with E-state index < -0.39 is 0 Å². The van der Waals surface area contributed by atoms with E-state index in [0.717, 1.165) is 11.1 Å². The van der Waals surface area contributed by atoms with E-state index >= 15 is 0 Å². The monoisotopic (exact) mass is 132 g/mol. The number of aryl methyl sites for hydroxylation is 1. The normalized spacial score (nSPS) is 10.5. The van der Waals surface area contributed by atoms with Gasteiger partial charge < -0.3 is 4.42 Å². The minimum Gasteiger partial charge on any atom is -0.432 e. The van der Waals surface area contributed by atoms with Crippen molar-refractivity contribution >= 4 is 11.1 Å². The van der Waals surface area contributed by atoms with Crippen molar-refractivity contribution in [3.63, 3.8) is 0 Å². The number of hydrogen-bond donors (Lipinski definition) is 0. The molecule has 0 aliphatic rings. The lowest BCUT2D eigenvalue weighted by atomic mass is 10.2. The molecule has 0 fully saturated rings. The average molecular weight is 132 g/mol. The van der Waals surface area contributed by atoms with Gasteiger partial charge in [-0.05, 0) is 24.6 Å². The molecule has 1 radical (unpaired) electrons. The summed E-state index contributed by atoms with van der Waals surface area (Å²) >= 11 is 0. The van der Waals surface area contributed by atoms with Crippen LogP contribution in [0.4, 0.5) is 0 Å². The molecule has 0 aliphatic carbocycles. The highest BCUT2D eigenvalue weighted by molar-refractivity contribution is 5.72. The van der Waals surface area contributed by atoms with Crippen LogP contribution in [-0.4, -0.2) is 4.98 Å². The van der Waals surface area contributed by atoms with E-state index in [0.29, 0.717) is 0 Å². The maximum Gasteiger partial charge on any atom is 0.284 e. The molecular formula is C8H6NO. The quantitative estimate of drug-likeness (QED) is 0.547. The van der Waals surface area contributed by atoms with E-state index in [-0.39, 0.29) is 0 Å². The highest BCUT2D eigenvalue weighted by Crippen LogP contribution is 2.12. The number of benzene rings is 1. The van der Waals surface area contributed by atoms with Crippen LogP contribution < -0.4 is 0 Å². The van der Waals surface area contributed by atoms with E-state index in [1.807, 2.05) is 25.1 Å². The predicted molar refractivity (Wildman–Crippen MR) is 37.6 cm³/mol. The Balaban J connectivity index is 2.86. The molecule has 0 bridgehead atoms. The summed E-state index contributed by atoms with van der Waals surface area (Å²) in [6.07, 6.45) is 2.44. The van der Waals surface area contributed by atoms with Gasteiger partial charge in [-0.15, -0.1) is 0 Å². The SMILES string of the molecule is Cc1ccc2n[c]oc2c1. The van der Waals surface area contributed by atoms with Gasteiger partial charge in [0.2, 0.25) is 0 Å². The summed E-state index contributed by atoms with van der Waals surface area (Å²) in [6.45, 7) is 2.02. The molecule has 2 rings (SSSR count). The van der Waals surface area contributed by atoms with Gasteiger partial charge in [0.1, 0.15) is 5.52 Å². The Morgan fingerprint density at radius 3 is 3.30 bits per heavy atom. The van der Waals surface area contributed by atoms with Crippen molar-refractivity contribution in [3.8, 4) is 0 Å². The molecule has 10 heavy (non-hydrogen) atoms. The summed E-state index contributed by atoms with van der Waals surface area (Å²) < 4.78 is 4.96. The van der Waals surface area contributed by atoms with Crippen LogP contribution in [0.5, 0.6) is 0 Å². The highest BCUT2D eigenvalue weighted by Gasteiger charge is 1.95. The van der Waals surface area contributed by atoms with Gasteiger partial charge in [0, 0.05) is 0 Å². The fraction of sp³-hybridized carbons (Fsp3) is 0.125. The Morgan fingerprint density at radius 2 is 2.40 bits per heavy atom. The fourth-order valence-electron chi connectivity index (χ4n) is 0.917. The Labute approximate surface area is 58.5 Å². The van der Waals surface area contributed by atoms with Crippen LogP contribution in [0.2, 0.25) is 0 Å². The zero-order valence-electron chi connectivity index (χ0n) is 5.59. The van der Waals surface area contributed by atoms with Crippen LogP contribution >= 0.6 is 0 Å². The molecule has 0 unspecified atom stereocenters. The van der Waals surface area contributed by atoms with Crippen LogP contribution in [0, 0.1) is 13.3 Å². The summed E-state index contributed by atoms with van der Waals surface area (Å²) in [6, 6.07) is 5.86. The number of aromatic nitrogens is 1. The second kappa shape index (κ2) is 1.84. The summed E-state index contributed by atoms with van der Waals surface area (Å²) in [5.74, 6) is 0. The van der Waals surface area contributed by atoms with Crippen molar-refractivity contribution in [2.75, 3.05) is 0 Å². The minimum absolute atomic E-state index is 0.806. The maximum absolute atomic E-state index is 4.96. The van der Waals surface area contributed by atoms with E-state index in [2.05, 4.69) is 11.4 Å². The van der Waals surface area contributed by atoms with Crippen LogP contribution in [-0.2, 0) is 0 Å². The standard InChI is InChI=1S/C8H6NO/c1-6-2-3-7-8(4-6)10-5-9-7/h2-4H,1H3. The molecule has 0 saturated heterocycles. The first kappa shape index (κ1) is 5.47. The summed E-state index contributed by atoms with van der Waals surface area (Å²) in [4.78, 5) is 3.87. The van der Waals surface area contributed by atoms with Gasteiger partial charge in [-0.1, -0.05) is 6.07 Å². The number of hydrogen-bond acceptors (Lipinski definition) is 2. The third kappa shape index (κ3) is 0.692. The van der Waals surface area contributed by atoms with Crippen molar-refractivity contribution in [1.82, 2.24) is 4.98 Å². The average Bonchev–Trinajstić information content (AvgIpc) is 2.33. The third-order valence-electron chi connectivity index (χ3n) is 1.44. The van der Waals surface area contributed by atoms with Crippen molar-refractivity contribution in [3.05, 3.63) is 30.2 Å². The van der Waals surface area contributed by atoms with E-state index in [9.17, 15) is 0 Å². The Hall–Kier alpha value is -1.31. The molecular weight excluding hydrogens is 126 g/mol. The summed E-state index contributed by atoms with van der Waals surface area (Å²) in [5, 5.41) is 0. The zero-order chi connectivity index (χ0) is 6.97. The van der Waals surface area contributed by atoms with Crippen molar-refractivity contribution in [2.45, 2.75) is 6.92 Å². The van der Waals surface area contributed by atoms with Crippen LogP contribution in [0.3, 0.4) is 0 Å². The van der Waals surface area contributed by atoms with Crippen LogP contribution in [0.1, 0.15) is 5.56 Å². The lowest BCUT2D eigenvalue weighted by Gasteiger charge is -1.87. The maximum atomic E-state index is 4.96. The minimum atomic E-state index is 0.806. The van der Waals surface area contributed by atoms with Gasteiger partial charge in [0.25, 0.3) is 6.39 Å². The van der Waals surface area contributed by atoms with Crippen LogP contribution in [0.25, 0.3) is 11.1 Å². The first-order valence-corrected chi connectivity index (χ1v) is 3.09. The molecule has 1 aromatic heterocycles. The lowest BCUT2D eigenvalue weighted by Crippen LogP contribution is -1.69. The van der Waals surface area contributed by atoms with E-state index in [1.54, 1.807) is 0 Å². The molecule has 0 saturated carbocycles. The summed E-state index contributed by atoms with van der Waals surface area (Å²) in [5.41, 5.74) is 2.85. The molecule has 0 atom stereocenters. The molecule has 1 heterocycles. The molecule has 0 N–H and O–H groups in total. The van der Waals surface area contributed by atoms with Gasteiger partial charge in [-0.25, -0.2) is 4.98 Å². The largest absolute Gasteiger partial charge is 0.432 e. The molecule has 1 aromatic carbocycles. The summed E-state index contributed by atoms with van der Waals surface area (Å²) in [7, 11) is 0. The van der Waals surface area contributed by atoms with Crippen molar-refractivity contribution in [2.24, 2.45) is 0 Å². The topological polar surface area (TPSA) is 26.0 Å². The Kier molecular flexibility index (Phi) is 1.01. The smallest absolute Gasteiger partial charge is 0.284 e. The molecule has 0 aliphatic heterocycles. The van der Waals surface area contributed by atoms with Crippen LogP contribution in [0.15, 0.2) is 22.6 Å². The first-order chi connectivity index (χ1) is 4.86. The number of rotatable bonds is 0. The molecule has 0 amide bonds. The van der Waals surface area contributed by atoms with E-state index in [1.165, 1.54) is 5.56 Å². The molecule has 2 heteroatoms. The van der Waals surface area contributed by atoms with Gasteiger partial charge >= 0.3 is 0 Å². The predicted octanol–water partition coefficient (Wildman–Crippen LogP) is 1.94. The molecule has 0 spiro atoms. The fourth-order valence-corrected chi connectivity index (χ4v) is 0.917. The van der Waals surface area contributed by atoms with E-state index in [4.69, 9.17) is 4.42 Å². The van der Waals surface area contributed by atoms with Crippen molar-refractivity contribution in [1.29, 1.82) is 0 Å². The lowest BCUT2D eigenvalue weighted by molar-refractivity contribution is 0.591. The first-order valence-electron chi connectivity index (χ1n) is 3.09. The second-order valence-electron chi connectivity index (χ2n) is 2.28. The van der Waals surface area contributed by atoms with Crippen molar-refractivity contribution < 1.29 is 4.42 Å². The Bertz CT molecular complexity index is 351. The highest BCUT2D eigenvalue weighted by atomic mass is 16.3. The number of fused-ring (bicyclic) bond motifs is 1.